The number of nitrogens with one attached hydrogen (secondary N) is 1. The van der Waals surface area contributed by atoms with Crippen LogP contribution < -0.4 is 5.32 Å². The lowest BCUT2D eigenvalue weighted by Crippen LogP contribution is -2.33. The van der Waals surface area contributed by atoms with E-state index in [1.165, 1.54) is 13.3 Å². The molecule has 0 saturated carbocycles. The Morgan fingerprint density at radius 1 is 1.14 bits per heavy atom. The quantitative estimate of drug-likeness (QED) is 0.742. The monoisotopic (exact) mass is 388 g/mol. The fourth-order valence-electron chi connectivity index (χ4n) is 3.57. The second-order valence-corrected chi connectivity index (χ2v) is 6.84. The Morgan fingerprint density at radius 2 is 1.97 bits per heavy atom. The Labute approximate surface area is 167 Å². The summed E-state index contributed by atoms with van der Waals surface area (Å²) in [6.45, 7) is 3.40. The number of hydrogen-bond donors (Lipinski definition) is 1. The standard InChI is InChI=1S/C21H20N6O2/c1-14-18(8-5-9-19(14)27-13-22-24-25-27)23-21(29)12-20-17-7-4-3-6-16(17)10-11-26(20)15(2)28/h3-11,13,20H,12H2,1-2H3,(H,23,29). The molecule has 3 aromatic rings. The third-order valence-electron chi connectivity index (χ3n) is 5.02. The number of fused-ring (bicyclic) bond motifs is 1. The molecule has 29 heavy (non-hydrogen) atoms. The Balaban J connectivity index is 1.57. The van der Waals surface area contributed by atoms with Gasteiger partial charge in [-0.1, -0.05) is 30.3 Å². The number of amides is 2. The largest absolute Gasteiger partial charge is 0.326 e. The molecule has 1 aliphatic heterocycles. The predicted molar refractivity (Wildman–Crippen MR) is 108 cm³/mol. The molecule has 8 heteroatoms. The summed E-state index contributed by atoms with van der Waals surface area (Å²) in [5.41, 5.74) is 4.28. The Hall–Kier alpha value is -3.81. The predicted octanol–water partition coefficient (Wildman–Crippen LogP) is 2.87. The van der Waals surface area contributed by atoms with E-state index in [4.69, 9.17) is 0 Å². The lowest BCUT2D eigenvalue weighted by Gasteiger charge is -2.32. The lowest BCUT2D eigenvalue weighted by molar-refractivity contribution is -0.129. The van der Waals surface area contributed by atoms with Crippen LogP contribution in [0, 0.1) is 6.92 Å². The van der Waals surface area contributed by atoms with Crippen molar-refractivity contribution in [3.63, 3.8) is 0 Å². The first-order chi connectivity index (χ1) is 14.0. The highest BCUT2D eigenvalue weighted by Crippen LogP contribution is 2.33. The van der Waals surface area contributed by atoms with E-state index in [1.807, 2.05) is 55.5 Å². The van der Waals surface area contributed by atoms with Crippen LogP contribution in [0.1, 0.15) is 36.1 Å². The first kappa shape index (κ1) is 18.5. The molecule has 8 nitrogen and oxygen atoms in total. The molecule has 146 valence electrons. The van der Waals surface area contributed by atoms with Gasteiger partial charge in [-0.2, -0.15) is 0 Å². The highest BCUT2D eigenvalue weighted by Gasteiger charge is 2.28. The topological polar surface area (TPSA) is 93.0 Å². The smallest absolute Gasteiger partial charge is 0.226 e. The van der Waals surface area contributed by atoms with Crippen molar-refractivity contribution in [3.8, 4) is 5.69 Å². The minimum Gasteiger partial charge on any atom is -0.326 e. The molecule has 0 bridgehead atoms. The lowest BCUT2D eigenvalue weighted by atomic mass is 9.93. The highest BCUT2D eigenvalue weighted by molar-refractivity contribution is 5.93. The number of carbonyl (C=O) groups excluding carboxylic acids is 2. The molecule has 2 amide bonds. The molecule has 2 heterocycles. The first-order valence-corrected chi connectivity index (χ1v) is 9.23. The van der Waals surface area contributed by atoms with Crippen LogP contribution >= 0.6 is 0 Å². The van der Waals surface area contributed by atoms with Gasteiger partial charge in [0.05, 0.1) is 18.2 Å². The number of hydrogen-bond acceptors (Lipinski definition) is 5. The van der Waals surface area contributed by atoms with Gasteiger partial charge in [0.15, 0.2) is 0 Å². The van der Waals surface area contributed by atoms with Crippen molar-refractivity contribution in [1.82, 2.24) is 25.1 Å². The maximum absolute atomic E-state index is 12.9. The zero-order valence-electron chi connectivity index (χ0n) is 16.1. The molecule has 0 aliphatic carbocycles. The maximum atomic E-state index is 12.9. The van der Waals surface area contributed by atoms with Crippen LogP contribution in [0.3, 0.4) is 0 Å². The Bertz CT molecular complexity index is 1090. The average molecular weight is 388 g/mol. The molecule has 2 aromatic carbocycles. The molecule has 1 atom stereocenters. The van der Waals surface area contributed by atoms with Crippen LogP contribution in [-0.4, -0.2) is 36.9 Å². The van der Waals surface area contributed by atoms with E-state index in [2.05, 4.69) is 20.8 Å². The van der Waals surface area contributed by atoms with Gasteiger partial charge in [0.1, 0.15) is 6.33 Å². The van der Waals surface area contributed by atoms with Crippen LogP contribution in [0.4, 0.5) is 5.69 Å². The molecular formula is C21H20N6O2. The summed E-state index contributed by atoms with van der Waals surface area (Å²) in [6, 6.07) is 13.0. The van der Waals surface area contributed by atoms with Crippen molar-refractivity contribution in [2.24, 2.45) is 0 Å². The second kappa shape index (κ2) is 7.67. The molecule has 0 spiro atoms. The average Bonchev–Trinajstić information content (AvgIpc) is 3.24. The number of aromatic nitrogens is 4. The van der Waals surface area contributed by atoms with Crippen LogP contribution in [0.15, 0.2) is 55.0 Å². The van der Waals surface area contributed by atoms with Gasteiger partial charge in [0.25, 0.3) is 0 Å². The highest BCUT2D eigenvalue weighted by atomic mass is 16.2. The molecule has 0 fully saturated rings. The van der Waals surface area contributed by atoms with E-state index in [9.17, 15) is 9.59 Å². The summed E-state index contributed by atoms with van der Waals surface area (Å²) >= 11 is 0. The summed E-state index contributed by atoms with van der Waals surface area (Å²) in [5, 5.41) is 14.2. The maximum Gasteiger partial charge on any atom is 0.226 e. The van der Waals surface area contributed by atoms with Gasteiger partial charge in [-0.3, -0.25) is 9.59 Å². The molecule has 1 N–H and O–H groups in total. The van der Waals surface area contributed by atoms with Crippen molar-refractivity contribution in [2.75, 3.05) is 5.32 Å². The van der Waals surface area contributed by atoms with Gasteiger partial charge >= 0.3 is 0 Å². The van der Waals surface area contributed by atoms with Crippen molar-refractivity contribution in [1.29, 1.82) is 0 Å². The number of benzene rings is 2. The summed E-state index contributed by atoms with van der Waals surface area (Å²) in [6.07, 6.45) is 5.29. The number of rotatable bonds is 4. The fourth-order valence-corrected chi connectivity index (χ4v) is 3.57. The van der Waals surface area contributed by atoms with Crippen molar-refractivity contribution in [2.45, 2.75) is 26.3 Å². The minimum absolute atomic E-state index is 0.106. The fraction of sp³-hybridized carbons (Fsp3) is 0.190. The molecule has 1 aromatic heterocycles. The summed E-state index contributed by atoms with van der Waals surface area (Å²) in [5.74, 6) is -0.284. The van der Waals surface area contributed by atoms with Gasteiger partial charge in [0.2, 0.25) is 11.8 Å². The van der Waals surface area contributed by atoms with E-state index in [1.54, 1.807) is 15.8 Å². The third-order valence-corrected chi connectivity index (χ3v) is 5.02. The number of anilines is 1. The second-order valence-electron chi connectivity index (χ2n) is 6.84. The molecule has 0 radical (unpaired) electrons. The molecule has 1 aliphatic rings. The molecule has 0 saturated heterocycles. The Kier molecular flexibility index (Phi) is 4.90. The normalized spacial score (nSPS) is 15.1. The van der Waals surface area contributed by atoms with Gasteiger partial charge in [-0.25, -0.2) is 4.68 Å². The SMILES string of the molecule is CC(=O)N1C=Cc2ccccc2C1CC(=O)Nc1cccc(-n2cnnn2)c1C. The molecule has 4 rings (SSSR count). The van der Waals surface area contributed by atoms with E-state index >= 15 is 0 Å². The summed E-state index contributed by atoms with van der Waals surface area (Å²) in [7, 11) is 0. The zero-order valence-corrected chi connectivity index (χ0v) is 16.1. The number of tetrazole rings is 1. The number of nitrogens with zero attached hydrogens (tertiary/aromatic N) is 5. The van der Waals surface area contributed by atoms with E-state index in [-0.39, 0.29) is 24.3 Å². The number of carbonyl (C=O) groups is 2. The molecule has 1 unspecified atom stereocenters. The first-order valence-electron chi connectivity index (χ1n) is 9.23. The van der Waals surface area contributed by atoms with Crippen LogP contribution in [-0.2, 0) is 9.59 Å². The molecular weight excluding hydrogens is 368 g/mol. The zero-order chi connectivity index (χ0) is 20.4. The summed E-state index contributed by atoms with van der Waals surface area (Å²) < 4.78 is 1.55. The van der Waals surface area contributed by atoms with Crippen LogP contribution in [0.25, 0.3) is 11.8 Å². The summed E-state index contributed by atoms with van der Waals surface area (Å²) in [4.78, 5) is 26.6. The van der Waals surface area contributed by atoms with Gasteiger partial charge in [0, 0.05) is 18.8 Å². The van der Waals surface area contributed by atoms with Gasteiger partial charge in [-0.15, -0.1) is 5.10 Å². The van der Waals surface area contributed by atoms with Crippen molar-refractivity contribution >= 4 is 23.6 Å². The van der Waals surface area contributed by atoms with Crippen LogP contribution in [0.5, 0.6) is 0 Å². The van der Waals surface area contributed by atoms with E-state index in [0.717, 1.165) is 22.4 Å². The van der Waals surface area contributed by atoms with Gasteiger partial charge < -0.3 is 10.2 Å². The van der Waals surface area contributed by atoms with Crippen molar-refractivity contribution in [3.05, 3.63) is 71.7 Å². The van der Waals surface area contributed by atoms with Crippen molar-refractivity contribution < 1.29 is 9.59 Å². The van der Waals surface area contributed by atoms with Gasteiger partial charge in [-0.05, 0) is 52.2 Å². The minimum atomic E-state index is -0.350. The third kappa shape index (κ3) is 3.64. The van der Waals surface area contributed by atoms with Crippen LogP contribution in [0.2, 0.25) is 0 Å². The Morgan fingerprint density at radius 3 is 2.72 bits per heavy atom. The van der Waals surface area contributed by atoms with E-state index < -0.39 is 0 Å². The van der Waals surface area contributed by atoms with E-state index in [0.29, 0.717) is 5.69 Å².